The van der Waals surface area contributed by atoms with E-state index >= 15 is 0 Å². The summed E-state index contributed by atoms with van der Waals surface area (Å²) in [6.45, 7) is 5.02. The van der Waals surface area contributed by atoms with Gasteiger partial charge < -0.3 is 30.2 Å². The number of likely N-dealkylation sites (N-methyl/N-ethyl adjacent to an activating group) is 1. The Balaban J connectivity index is 0.00000400. The molecule has 2 aliphatic rings. The average Bonchev–Trinajstić information content (AvgIpc) is 3.23. The molecule has 1 aromatic heterocycles. The number of aryl methyl sites for hydroxylation is 1. The number of benzene rings is 1. The van der Waals surface area contributed by atoms with E-state index < -0.39 is 17.4 Å². The molecule has 1 aromatic carbocycles. The van der Waals surface area contributed by atoms with Crippen LogP contribution < -0.4 is 15.8 Å². The second-order valence-corrected chi connectivity index (χ2v) is 10.8. The van der Waals surface area contributed by atoms with E-state index in [0.717, 1.165) is 48.8 Å². The zero-order valence-electron chi connectivity index (χ0n) is 23.2. The van der Waals surface area contributed by atoms with Crippen molar-refractivity contribution in [2.75, 3.05) is 33.8 Å². The maximum absolute atomic E-state index is 14.1. The summed E-state index contributed by atoms with van der Waals surface area (Å²) < 4.78 is 7.24. The van der Waals surface area contributed by atoms with Crippen molar-refractivity contribution in [3.05, 3.63) is 30.0 Å². The third kappa shape index (κ3) is 5.36. The van der Waals surface area contributed by atoms with Crippen LogP contribution in [0.15, 0.2) is 24.3 Å². The number of carbonyl (C=O) groups is 3. The molecule has 210 valence electrons. The van der Waals surface area contributed by atoms with Gasteiger partial charge in [-0.3, -0.25) is 14.4 Å². The molecule has 3 amide bonds. The number of fused-ring (bicyclic) bond motifs is 1. The number of primary amides is 1. The Bertz CT molecular complexity index is 1180. The summed E-state index contributed by atoms with van der Waals surface area (Å²) in [6, 6.07) is 7.49. The summed E-state index contributed by atoms with van der Waals surface area (Å²) in [5.74, 6) is -0.297. The Kier molecular flexibility index (Phi) is 9.36. The van der Waals surface area contributed by atoms with Gasteiger partial charge in [0.1, 0.15) is 17.0 Å². The van der Waals surface area contributed by atoms with Gasteiger partial charge in [0.05, 0.1) is 18.5 Å². The first kappa shape index (κ1) is 29.8. The first-order chi connectivity index (χ1) is 17.6. The summed E-state index contributed by atoms with van der Waals surface area (Å²) in [7, 11) is 5.21. The molecule has 2 aromatic rings. The zero-order valence-corrected chi connectivity index (χ0v) is 24.0. The number of hydrogen-bond donors (Lipinski definition) is 2. The molecule has 9 nitrogen and oxygen atoms in total. The summed E-state index contributed by atoms with van der Waals surface area (Å²) in [4.78, 5) is 43.8. The Morgan fingerprint density at radius 2 is 1.82 bits per heavy atom. The molecule has 2 heterocycles. The first-order valence-corrected chi connectivity index (χ1v) is 13.3. The number of halogens is 1. The Morgan fingerprint density at radius 1 is 1.13 bits per heavy atom. The van der Waals surface area contributed by atoms with Gasteiger partial charge in [0, 0.05) is 44.2 Å². The number of carbonyl (C=O) groups excluding carboxylic acids is 3. The molecule has 4 rings (SSSR count). The van der Waals surface area contributed by atoms with E-state index in [2.05, 4.69) is 5.32 Å². The summed E-state index contributed by atoms with van der Waals surface area (Å²) in [5.41, 5.74) is 6.25. The third-order valence-corrected chi connectivity index (χ3v) is 8.71. The molecule has 1 aliphatic carbocycles. The number of nitrogens with two attached hydrogens (primary N) is 1. The Hall–Kier alpha value is -2.78. The van der Waals surface area contributed by atoms with Crippen molar-refractivity contribution in [1.29, 1.82) is 0 Å². The van der Waals surface area contributed by atoms with Crippen molar-refractivity contribution in [3.63, 3.8) is 0 Å². The second kappa shape index (κ2) is 11.9. The number of piperazine rings is 1. The number of nitrogens with zero attached hydrogens (tertiary/aromatic N) is 3. The molecule has 1 aliphatic heterocycles. The predicted octanol–water partition coefficient (Wildman–Crippen LogP) is 2.94. The summed E-state index contributed by atoms with van der Waals surface area (Å²) in [6.07, 6.45) is 5.10. The van der Waals surface area contributed by atoms with E-state index in [9.17, 15) is 14.4 Å². The average molecular weight is 548 g/mol. The molecule has 1 saturated heterocycles. The number of ether oxygens (including phenoxy) is 1. The van der Waals surface area contributed by atoms with Crippen LogP contribution in [0, 0.1) is 11.8 Å². The highest BCUT2D eigenvalue weighted by molar-refractivity contribution is 5.99. The van der Waals surface area contributed by atoms with Gasteiger partial charge >= 0.3 is 0 Å². The van der Waals surface area contributed by atoms with Crippen LogP contribution in [-0.4, -0.2) is 77.5 Å². The van der Waals surface area contributed by atoms with Crippen molar-refractivity contribution in [1.82, 2.24) is 19.7 Å². The van der Waals surface area contributed by atoms with Crippen molar-refractivity contribution < 1.29 is 19.1 Å². The maximum atomic E-state index is 14.1. The van der Waals surface area contributed by atoms with Gasteiger partial charge in [0.15, 0.2) is 0 Å². The fourth-order valence-electron chi connectivity index (χ4n) is 6.27. The quantitative estimate of drug-likeness (QED) is 0.554. The predicted molar refractivity (Wildman–Crippen MR) is 151 cm³/mol. The maximum Gasteiger partial charge on any atom is 0.270 e. The standard InChI is InChI=1S/C28H41N5O4.ClH/c1-18-17-32(25(34)23-15-20-11-12-21(37-5)16-22(20)31(23)4)13-14-33(18)26(35)24(19-9-7-6-8-10-19)28(2,30-3)27(29)36;/h11-12,15-16,18-19,24,30H,6-10,13-14,17H2,1-5H3,(H2,29,36);1H/t18-,24+,28?;/m0./s1. The molecule has 3 atom stereocenters. The number of methoxy groups -OCH3 is 1. The van der Waals surface area contributed by atoms with Crippen LogP contribution in [0.25, 0.3) is 10.9 Å². The molecule has 0 radical (unpaired) electrons. The van der Waals surface area contributed by atoms with Crippen LogP contribution in [0.2, 0.25) is 0 Å². The van der Waals surface area contributed by atoms with Gasteiger partial charge in [-0.1, -0.05) is 19.3 Å². The fraction of sp³-hybridized carbons (Fsp3) is 0.607. The highest BCUT2D eigenvalue weighted by Crippen LogP contribution is 2.38. The Labute approximate surface area is 231 Å². The van der Waals surface area contributed by atoms with Crippen LogP contribution >= 0.6 is 12.4 Å². The molecule has 1 saturated carbocycles. The van der Waals surface area contributed by atoms with Crippen molar-refractivity contribution >= 4 is 41.0 Å². The first-order valence-electron chi connectivity index (χ1n) is 13.3. The SMILES string of the molecule is CNC(C)(C(N)=O)[C@@H](C(=O)N1CCN(C(=O)c2cc3ccc(OC)cc3n2C)C[C@@H]1C)C1CCCCC1.Cl. The van der Waals surface area contributed by atoms with Gasteiger partial charge in [-0.2, -0.15) is 0 Å². The van der Waals surface area contributed by atoms with Crippen molar-refractivity contribution in [2.24, 2.45) is 24.6 Å². The monoisotopic (exact) mass is 547 g/mol. The summed E-state index contributed by atoms with van der Waals surface area (Å²) >= 11 is 0. The van der Waals surface area contributed by atoms with Crippen molar-refractivity contribution in [2.45, 2.75) is 57.5 Å². The van der Waals surface area contributed by atoms with Crippen LogP contribution in [-0.2, 0) is 16.6 Å². The third-order valence-electron chi connectivity index (χ3n) is 8.71. The van der Waals surface area contributed by atoms with E-state index in [1.807, 2.05) is 52.6 Å². The molecular weight excluding hydrogens is 506 g/mol. The zero-order chi connectivity index (χ0) is 26.9. The van der Waals surface area contributed by atoms with Crippen LogP contribution in [0.3, 0.4) is 0 Å². The smallest absolute Gasteiger partial charge is 0.270 e. The lowest BCUT2D eigenvalue weighted by Crippen LogP contribution is -2.65. The van der Waals surface area contributed by atoms with Gasteiger partial charge in [0.25, 0.3) is 5.91 Å². The highest BCUT2D eigenvalue weighted by Gasteiger charge is 2.49. The lowest BCUT2D eigenvalue weighted by atomic mass is 9.69. The Morgan fingerprint density at radius 3 is 2.39 bits per heavy atom. The van der Waals surface area contributed by atoms with Crippen LogP contribution in [0.4, 0.5) is 0 Å². The molecule has 38 heavy (non-hydrogen) atoms. The fourth-order valence-corrected chi connectivity index (χ4v) is 6.27. The number of amides is 3. The van der Waals surface area contributed by atoms with Crippen LogP contribution in [0.1, 0.15) is 56.4 Å². The molecular formula is C28H42ClN5O4. The molecule has 3 N–H and O–H groups in total. The van der Waals surface area contributed by atoms with E-state index in [4.69, 9.17) is 10.5 Å². The van der Waals surface area contributed by atoms with Crippen LogP contribution in [0.5, 0.6) is 5.75 Å². The number of nitrogens with one attached hydrogen (secondary N) is 1. The minimum atomic E-state index is -1.13. The van der Waals surface area contributed by atoms with Gasteiger partial charge in [-0.15, -0.1) is 12.4 Å². The second-order valence-electron chi connectivity index (χ2n) is 10.8. The minimum absolute atomic E-state index is 0. The lowest BCUT2D eigenvalue weighted by molar-refractivity contribution is -0.149. The normalized spacial score (nSPS) is 20.9. The molecule has 10 heteroatoms. The van der Waals surface area contributed by atoms with Gasteiger partial charge in [-0.25, -0.2) is 0 Å². The molecule has 0 spiro atoms. The van der Waals surface area contributed by atoms with E-state index in [1.165, 1.54) is 0 Å². The largest absolute Gasteiger partial charge is 0.497 e. The molecule has 1 unspecified atom stereocenters. The molecule has 2 fully saturated rings. The van der Waals surface area contributed by atoms with Gasteiger partial charge in [0.2, 0.25) is 11.8 Å². The topological polar surface area (TPSA) is 110 Å². The molecule has 0 bridgehead atoms. The number of rotatable bonds is 7. The van der Waals surface area contributed by atoms with Crippen molar-refractivity contribution in [3.8, 4) is 5.75 Å². The van der Waals surface area contributed by atoms with E-state index in [-0.39, 0.29) is 36.2 Å². The summed E-state index contributed by atoms with van der Waals surface area (Å²) in [5, 5.41) is 4.06. The minimum Gasteiger partial charge on any atom is -0.497 e. The van der Waals surface area contributed by atoms with Gasteiger partial charge in [-0.05, 0) is 57.9 Å². The lowest BCUT2D eigenvalue weighted by Gasteiger charge is -2.46. The number of aromatic nitrogens is 1. The highest BCUT2D eigenvalue weighted by atomic mass is 35.5. The van der Waals surface area contributed by atoms with E-state index in [0.29, 0.717) is 25.3 Å². The van der Waals surface area contributed by atoms with E-state index in [1.54, 1.807) is 21.1 Å². The number of hydrogen-bond acceptors (Lipinski definition) is 5.